The first-order valence-electron chi connectivity index (χ1n) is 8.43. The van der Waals surface area contributed by atoms with E-state index >= 15 is 0 Å². The molecule has 1 aliphatic rings. The first-order valence-corrected chi connectivity index (χ1v) is 10.2. The second-order valence-corrected chi connectivity index (χ2v) is 8.34. The van der Waals surface area contributed by atoms with E-state index in [2.05, 4.69) is 5.10 Å². The molecule has 0 atom stereocenters. The monoisotopic (exact) mass is 451 g/mol. The molecule has 0 saturated heterocycles. The summed E-state index contributed by atoms with van der Waals surface area (Å²) in [6.45, 7) is 0. The minimum atomic E-state index is -4.50. The molecule has 0 unspecified atom stereocenters. The summed E-state index contributed by atoms with van der Waals surface area (Å²) in [5.74, 6) is 0.775. The molecule has 156 valence electrons. The topological polar surface area (TPSA) is 105 Å². The zero-order valence-corrected chi connectivity index (χ0v) is 17.2. The fourth-order valence-electron chi connectivity index (χ4n) is 2.51. The molecule has 1 aromatic carbocycles. The SMILES string of the molecule is CN1N=C(SCc2ccc(C(F)(F)F)cc2C#N)SC(N)=C1/C=C(\N)c1ccco1. The molecule has 0 saturated carbocycles. The zero-order valence-electron chi connectivity index (χ0n) is 15.6. The van der Waals surface area contributed by atoms with Gasteiger partial charge < -0.3 is 15.9 Å². The van der Waals surface area contributed by atoms with Crippen LogP contribution in [-0.4, -0.2) is 16.4 Å². The largest absolute Gasteiger partial charge is 0.463 e. The van der Waals surface area contributed by atoms with Crippen molar-refractivity contribution in [1.29, 1.82) is 5.26 Å². The molecule has 3 rings (SSSR count). The number of thioether (sulfide) groups is 2. The summed E-state index contributed by atoms with van der Waals surface area (Å²) >= 11 is 2.49. The first kappa shape index (κ1) is 21.7. The molecule has 11 heteroatoms. The van der Waals surface area contributed by atoms with E-state index in [1.165, 1.54) is 35.9 Å². The van der Waals surface area contributed by atoms with E-state index in [4.69, 9.17) is 15.9 Å². The van der Waals surface area contributed by atoms with Gasteiger partial charge in [0.25, 0.3) is 0 Å². The predicted octanol–water partition coefficient (Wildman–Crippen LogP) is 4.48. The van der Waals surface area contributed by atoms with Crippen molar-refractivity contribution in [2.45, 2.75) is 11.9 Å². The molecule has 0 amide bonds. The molecule has 6 nitrogen and oxygen atoms in total. The molecule has 30 heavy (non-hydrogen) atoms. The molecule has 4 N–H and O–H groups in total. The van der Waals surface area contributed by atoms with Gasteiger partial charge in [-0.05, 0) is 47.7 Å². The van der Waals surface area contributed by atoms with Crippen molar-refractivity contribution in [2.75, 3.05) is 7.05 Å². The van der Waals surface area contributed by atoms with Crippen molar-refractivity contribution >= 4 is 33.6 Å². The van der Waals surface area contributed by atoms with Crippen LogP contribution in [0.1, 0.15) is 22.5 Å². The predicted molar refractivity (Wildman–Crippen MR) is 112 cm³/mol. The Bertz CT molecular complexity index is 1070. The fourth-order valence-corrected chi connectivity index (χ4v) is 4.55. The van der Waals surface area contributed by atoms with E-state index in [1.807, 2.05) is 6.07 Å². The third-order valence-electron chi connectivity index (χ3n) is 4.04. The molecular formula is C19H16F3N5OS2. The molecule has 2 heterocycles. The van der Waals surface area contributed by atoms with Gasteiger partial charge >= 0.3 is 6.18 Å². The molecule has 2 aromatic rings. The Labute approximate surface area is 179 Å². The molecular weight excluding hydrogens is 435 g/mol. The molecule has 0 fully saturated rings. The maximum Gasteiger partial charge on any atom is 0.416 e. The molecule has 0 bridgehead atoms. The second-order valence-electron chi connectivity index (χ2n) is 6.09. The van der Waals surface area contributed by atoms with Crippen LogP contribution in [0, 0.1) is 11.3 Å². The number of allylic oxidation sites excluding steroid dienone is 1. The van der Waals surface area contributed by atoms with E-state index in [0.29, 0.717) is 32.1 Å². The smallest absolute Gasteiger partial charge is 0.416 e. The van der Waals surface area contributed by atoms with Gasteiger partial charge in [-0.1, -0.05) is 17.8 Å². The van der Waals surface area contributed by atoms with Crippen molar-refractivity contribution in [3.63, 3.8) is 0 Å². The van der Waals surface area contributed by atoms with E-state index in [1.54, 1.807) is 30.3 Å². The van der Waals surface area contributed by atoms with Crippen LogP contribution in [0.25, 0.3) is 5.70 Å². The summed E-state index contributed by atoms with van der Waals surface area (Å²) in [4.78, 5) is 0. The van der Waals surface area contributed by atoms with Gasteiger partial charge in [-0.2, -0.15) is 23.5 Å². The van der Waals surface area contributed by atoms with Gasteiger partial charge in [0.2, 0.25) is 0 Å². The lowest BCUT2D eigenvalue weighted by atomic mass is 10.1. The number of nitrogens with two attached hydrogens (primary N) is 2. The molecule has 1 aromatic heterocycles. The van der Waals surface area contributed by atoms with Crippen molar-refractivity contribution in [2.24, 2.45) is 16.6 Å². The summed E-state index contributed by atoms with van der Waals surface area (Å²) in [5, 5.41) is 15.6. The van der Waals surface area contributed by atoms with Gasteiger partial charge in [0.05, 0.1) is 39.9 Å². The van der Waals surface area contributed by atoms with Crippen LogP contribution in [0.5, 0.6) is 0 Å². The molecule has 0 spiro atoms. The highest BCUT2D eigenvalue weighted by atomic mass is 32.2. The minimum Gasteiger partial charge on any atom is -0.463 e. The quantitative estimate of drug-likeness (QED) is 0.706. The number of likely N-dealkylation sites (N-methyl/N-ethyl adjacent to an activating group) is 1. The Balaban J connectivity index is 1.72. The molecule has 1 aliphatic heterocycles. The third kappa shape index (κ3) is 4.95. The fraction of sp³-hybridized carbons (Fsp3) is 0.158. The van der Waals surface area contributed by atoms with E-state index in [0.717, 1.165) is 12.1 Å². The summed E-state index contributed by atoms with van der Waals surface area (Å²) in [7, 11) is 1.70. The summed E-state index contributed by atoms with van der Waals surface area (Å²) in [6.07, 6.45) is -1.34. The highest BCUT2D eigenvalue weighted by Gasteiger charge is 2.31. The number of rotatable bonds is 4. The summed E-state index contributed by atoms with van der Waals surface area (Å²) in [5.41, 5.74) is 12.8. The number of hydrogen-bond donors (Lipinski definition) is 2. The van der Waals surface area contributed by atoms with Crippen LogP contribution < -0.4 is 11.5 Å². The van der Waals surface area contributed by atoms with Crippen molar-refractivity contribution in [1.82, 2.24) is 5.01 Å². The number of hydrogen-bond acceptors (Lipinski definition) is 8. The van der Waals surface area contributed by atoms with Crippen LogP contribution in [0.15, 0.2) is 62.9 Å². The standard InChI is InChI=1S/C19H16F3N5OS2/c1-27-15(8-14(24)16-3-2-6-28-16)17(25)30-18(26-27)29-10-11-4-5-13(19(20,21)22)7-12(11)9-23/h2-8H,10,24-25H2,1H3/b14-8-. The number of nitrogens with zero attached hydrogens (tertiary/aromatic N) is 3. The van der Waals surface area contributed by atoms with Gasteiger partial charge in [0.1, 0.15) is 5.76 Å². The average molecular weight is 451 g/mol. The summed E-state index contributed by atoms with van der Waals surface area (Å²) < 4.78 is 44.3. The van der Waals surface area contributed by atoms with Crippen molar-refractivity contribution in [3.8, 4) is 6.07 Å². The third-order valence-corrected chi connectivity index (χ3v) is 6.11. The lowest BCUT2D eigenvalue weighted by Gasteiger charge is -2.23. The zero-order chi connectivity index (χ0) is 21.9. The highest BCUT2D eigenvalue weighted by Crippen LogP contribution is 2.35. The summed E-state index contributed by atoms with van der Waals surface area (Å²) in [6, 6.07) is 8.39. The highest BCUT2D eigenvalue weighted by molar-refractivity contribution is 8.40. The lowest BCUT2D eigenvalue weighted by Crippen LogP contribution is -2.21. The van der Waals surface area contributed by atoms with Gasteiger partial charge in [0, 0.05) is 12.8 Å². The molecule has 0 aliphatic carbocycles. The molecule has 0 radical (unpaired) electrons. The van der Waals surface area contributed by atoms with Crippen molar-refractivity contribution in [3.05, 3.63) is 75.8 Å². The number of alkyl halides is 3. The Morgan fingerprint density at radius 2 is 2.17 bits per heavy atom. The first-order chi connectivity index (χ1) is 14.2. The maximum absolute atomic E-state index is 12.8. The Kier molecular flexibility index (Phi) is 6.38. The van der Waals surface area contributed by atoms with E-state index in [-0.39, 0.29) is 11.3 Å². The Hall–Kier alpha value is -2.97. The number of nitriles is 1. The normalized spacial score (nSPS) is 15.2. The number of halogens is 3. The van der Waals surface area contributed by atoms with Crippen LogP contribution in [0.4, 0.5) is 13.2 Å². The Morgan fingerprint density at radius 1 is 1.40 bits per heavy atom. The van der Waals surface area contributed by atoms with Crippen LogP contribution in [0.3, 0.4) is 0 Å². The van der Waals surface area contributed by atoms with Crippen molar-refractivity contribution < 1.29 is 17.6 Å². The minimum absolute atomic E-state index is 0.0227. The lowest BCUT2D eigenvalue weighted by molar-refractivity contribution is -0.137. The van der Waals surface area contributed by atoms with Gasteiger partial charge in [-0.15, -0.1) is 0 Å². The van der Waals surface area contributed by atoms with Crippen LogP contribution >= 0.6 is 23.5 Å². The Morgan fingerprint density at radius 3 is 2.77 bits per heavy atom. The van der Waals surface area contributed by atoms with Gasteiger partial charge in [0.15, 0.2) is 4.38 Å². The van der Waals surface area contributed by atoms with Gasteiger partial charge in [-0.3, -0.25) is 5.01 Å². The van der Waals surface area contributed by atoms with Gasteiger partial charge in [-0.25, -0.2) is 0 Å². The number of hydrazone groups is 1. The van der Waals surface area contributed by atoms with Crippen LogP contribution in [-0.2, 0) is 11.9 Å². The number of furan rings is 1. The van der Waals surface area contributed by atoms with Crippen LogP contribution in [0.2, 0.25) is 0 Å². The van der Waals surface area contributed by atoms with E-state index in [9.17, 15) is 18.4 Å². The second kappa shape index (κ2) is 8.81. The maximum atomic E-state index is 12.8. The number of benzene rings is 1. The average Bonchev–Trinajstić information content (AvgIpc) is 3.23. The van der Waals surface area contributed by atoms with E-state index < -0.39 is 11.7 Å².